The van der Waals surface area contributed by atoms with Gasteiger partial charge in [-0.15, -0.1) is 0 Å². The monoisotopic (exact) mass is 481 g/mol. The highest BCUT2D eigenvalue weighted by Gasteiger charge is 2.27. The minimum atomic E-state index is -0.374. The van der Waals surface area contributed by atoms with Crippen molar-refractivity contribution in [1.29, 1.82) is 0 Å². The van der Waals surface area contributed by atoms with Gasteiger partial charge in [-0.2, -0.15) is 4.98 Å². The molecule has 0 unspecified atom stereocenters. The Labute approximate surface area is 203 Å². The third-order valence-corrected chi connectivity index (χ3v) is 7.42. The van der Waals surface area contributed by atoms with Gasteiger partial charge in [0.05, 0.1) is 6.54 Å². The highest BCUT2D eigenvalue weighted by molar-refractivity contribution is 7.80. The second-order valence-electron chi connectivity index (χ2n) is 9.27. The van der Waals surface area contributed by atoms with Gasteiger partial charge in [-0.25, -0.2) is 4.79 Å². The van der Waals surface area contributed by atoms with Crippen LogP contribution in [0.2, 0.25) is 0 Å². The highest BCUT2D eigenvalue weighted by atomic mass is 32.1. The summed E-state index contributed by atoms with van der Waals surface area (Å²) >= 11 is 5.69. The van der Waals surface area contributed by atoms with Crippen molar-refractivity contribution in [3.05, 3.63) is 56.7 Å². The van der Waals surface area contributed by atoms with E-state index in [4.69, 9.17) is 17.2 Å². The average Bonchev–Trinajstić information content (AvgIpc) is 3.50. The van der Waals surface area contributed by atoms with E-state index < -0.39 is 0 Å². The summed E-state index contributed by atoms with van der Waals surface area (Å²) in [4.78, 5) is 34.9. The van der Waals surface area contributed by atoms with Gasteiger partial charge in [0.1, 0.15) is 0 Å². The van der Waals surface area contributed by atoms with Gasteiger partial charge in [-0.05, 0) is 30.6 Å². The Kier molecular flexibility index (Phi) is 6.16. The van der Waals surface area contributed by atoms with E-state index in [-0.39, 0.29) is 11.2 Å². The minimum Gasteiger partial charge on any atom is -0.360 e. The molecular weight excluding hydrogens is 450 g/mol. The van der Waals surface area contributed by atoms with Crippen LogP contribution in [0.15, 0.2) is 39.9 Å². The molecule has 3 aromatic rings. The highest BCUT2D eigenvalue weighted by Crippen LogP contribution is 2.23. The van der Waals surface area contributed by atoms with Crippen molar-refractivity contribution in [2.75, 3.05) is 31.1 Å². The summed E-state index contributed by atoms with van der Waals surface area (Å²) < 4.78 is 4.57. The maximum absolute atomic E-state index is 13.2. The molecule has 0 atom stereocenters. The van der Waals surface area contributed by atoms with Crippen LogP contribution in [0.1, 0.15) is 31.2 Å². The largest absolute Gasteiger partial charge is 0.360 e. The first-order valence-corrected chi connectivity index (χ1v) is 12.4. The van der Waals surface area contributed by atoms with E-state index in [1.165, 1.54) is 37.3 Å². The fourth-order valence-electron chi connectivity index (χ4n) is 5.04. The number of anilines is 1. The molecule has 9 nitrogen and oxygen atoms in total. The maximum atomic E-state index is 13.2. The summed E-state index contributed by atoms with van der Waals surface area (Å²) in [5.74, 6) is 0.714. The number of aryl methyl sites for hydroxylation is 1. The van der Waals surface area contributed by atoms with Crippen molar-refractivity contribution in [2.24, 2.45) is 14.1 Å². The lowest BCUT2D eigenvalue weighted by Gasteiger charge is -2.37. The van der Waals surface area contributed by atoms with Crippen LogP contribution < -0.4 is 21.5 Å². The van der Waals surface area contributed by atoms with Crippen molar-refractivity contribution >= 4 is 34.4 Å². The molecule has 34 heavy (non-hydrogen) atoms. The number of hydrogen-bond acceptors (Lipinski definition) is 5. The predicted molar refractivity (Wildman–Crippen MR) is 138 cm³/mol. The van der Waals surface area contributed by atoms with Crippen molar-refractivity contribution in [3.63, 3.8) is 0 Å². The third kappa shape index (κ3) is 4.11. The number of imidazole rings is 1. The number of aromatic nitrogens is 4. The molecule has 180 valence electrons. The summed E-state index contributed by atoms with van der Waals surface area (Å²) in [5, 5.41) is 4.37. The van der Waals surface area contributed by atoms with Crippen LogP contribution in [0.25, 0.3) is 11.2 Å². The van der Waals surface area contributed by atoms with Crippen LogP contribution in [0, 0.1) is 0 Å². The first kappa shape index (κ1) is 22.6. The molecule has 2 fully saturated rings. The van der Waals surface area contributed by atoms with Crippen LogP contribution in [-0.2, 0) is 20.6 Å². The average molecular weight is 482 g/mol. The number of thiocarbonyl (C=S) groups is 1. The van der Waals surface area contributed by atoms with Crippen molar-refractivity contribution in [3.8, 4) is 0 Å². The van der Waals surface area contributed by atoms with E-state index in [0.717, 1.165) is 41.4 Å². The SMILES string of the molecule is Cn1c(=O)c2c(nc(N3CCN(C(=S)NC4CCCC4)CC3)n2Cc2ccccc2)n(C)c1=O. The molecule has 1 saturated carbocycles. The van der Waals surface area contributed by atoms with E-state index in [9.17, 15) is 9.59 Å². The van der Waals surface area contributed by atoms with E-state index in [0.29, 0.717) is 29.7 Å². The number of benzene rings is 1. The van der Waals surface area contributed by atoms with E-state index >= 15 is 0 Å². The zero-order valence-corrected chi connectivity index (χ0v) is 20.6. The van der Waals surface area contributed by atoms with Gasteiger partial charge < -0.3 is 15.1 Å². The second-order valence-corrected chi connectivity index (χ2v) is 9.65. The number of rotatable bonds is 4. The lowest BCUT2D eigenvalue weighted by Crippen LogP contribution is -2.53. The summed E-state index contributed by atoms with van der Waals surface area (Å²) in [5.41, 5.74) is 1.23. The summed E-state index contributed by atoms with van der Waals surface area (Å²) in [7, 11) is 3.18. The Morgan fingerprint density at radius 3 is 2.38 bits per heavy atom. The fraction of sp³-hybridized carbons (Fsp3) is 0.500. The number of nitrogens with zero attached hydrogens (tertiary/aromatic N) is 6. The van der Waals surface area contributed by atoms with E-state index in [1.54, 1.807) is 7.05 Å². The number of hydrogen-bond donors (Lipinski definition) is 1. The Hall–Kier alpha value is -3.14. The second kappa shape index (κ2) is 9.25. The molecule has 1 N–H and O–H groups in total. The van der Waals surface area contributed by atoms with E-state index in [1.807, 2.05) is 34.9 Å². The predicted octanol–water partition coefficient (Wildman–Crippen LogP) is 1.42. The molecular formula is C24H31N7O2S. The zero-order chi connectivity index (χ0) is 23.8. The Morgan fingerprint density at radius 2 is 1.71 bits per heavy atom. The van der Waals surface area contributed by atoms with Crippen LogP contribution in [0.4, 0.5) is 5.95 Å². The minimum absolute atomic E-state index is 0.326. The van der Waals surface area contributed by atoms with Gasteiger partial charge in [0.25, 0.3) is 5.56 Å². The molecule has 0 amide bonds. The van der Waals surface area contributed by atoms with Crippen LogP contribution in [0.3, 0.4) is 0 Å². The molecule has 1 aliphatic carbocycles. The molecule has 1 saturated heterocycles. The summed E-state index contributed by atoms with van der Waals surface area (Å²) in [6, 6.07) is 10.5. The van der Waals surface area contributed by atoms with Crippen molar-refractivity contribution < 1.29 is 0 Å². The molecule has 10 heteroatoms. The van der Waals surface area contributed by atoms with Gasteiger partial charge in [0.2, 0.25) is 5.95 Å². The molecule has 5 rings (SSSR count). The lowest BCUT2D eigenvalue weighted by atomic mass is 10.2. The van der Waals surface area contributed by atoms with E-state index in [2.05, 4.69) is 15.1 Å². The topological polar surface area (TPSA) is 80.3 Å². The standard InChI is InChI=1S/C24H31N7O2S/c1-27-20-19(21(32)28(2)24(27)33)31(16-17-8-4-3-5-9-17)22(26-20)29-12-14-30(15-13-29)23(34)25-18-10-6-7-11-18/h3-5,8-9,18H,6-7,10-16H2,1-2H3,(H,25,34). The smallest absolute Gasteiger partial charge is 0.332 e. The zero-order valence-electron chi connectivity index (χ0n) is 19.7. The number of nitrogens with one attached hydrogen (secondary N) is 1. The van der Waals surface area contributed by atoms with Gasteiger partial charge in [-0.1, -0.05) is 43.2 Å². The van der Waals surface area contributed by atoms with Gasteiger partial charge >= 0.3 is 5.69 Å². The Bertz CT molecular complexity index is 1310. The molecule has 0 spiro atoms. The summed E-state index contributed by atoms with van der Waals surface area (Å²) in [6.45, 7) is 3.54. The van der Waals surface area contributed by atoms with Crippen molar-refractivity contribution in [1.82, 2.24) is 28.9 Å². The first-order valence-electron chi connectivity index (χ1n) is 11.9. The van der Waals surface area contributed by atoms with Crippen LogP contribution in [0.5, 0.6) is 0 Å². The first-order chi connectivity index (χ1) is 16.4. The van der Waals surface area contributed by atoms with Gasteiger partial charge in [0, 0.05) is 46.3 Å². The Morgan fingerprint density at radius 1 is 1.03 bits per heavy atom. The van der Waals surface area contributed by atoms with Gasteiger partial charge in [0.15, 0.2) is 16.3 Å². The molecule has 3 heterocycles. The lowest BCUT2D eigenvalue weighted by molar-refractivity contribution is 0.370. The molecule has 2 aliphatic rings. The number of fused-ring (bicyclic) bond motifs is 1. The van der Waals surface area contributed by atoms with Crippen LogP contribution >= 0.6 is 12.2 Å². The molecule has 2 aromatic heterocycles. The fourth-order valence-corrected chi connectivity index (χ4v) is 5.39. The van der Waals surface area contributed by atoms with Crippen molar-refractivity contribution in [2.45, 2.75) is 38.3 Å². The molecule has 0 bridgehead atoms. The van der Waals surface area contributed by atoms with Gasteiger partial charge in [-0.3, -0.25) is 18.5 Å². The Balaban J connectivity index is 1.46. The number of piperazine rings is 1. The molecule has 1 aromatic carbocycles. The molecule has 1 aliphatic heterocycles. The maximum Gasteiger partial charge on any atom is 0.332 e. The quantitative estimate of drug-likeness (QED) is 0.565. The third-order valence-electron chi connectivity index (χ3n) is 7.04. The molecule has 0 radical (unpaired) electrons. The normalized spacial score (nSPS) is 17.0. The summed E-state index contributed by atoms with van der Waals surface area (Å²) in [6.07, 6.45) is 4.93. The van der Waals surface area contributed by atoms with Crippen LogP contribution in [-0.4, -0.2) is 60.9 Å².